The summed E-state index contributed by atoms with van der Waals surface area (Å²) in [7, 11) is 5.67. The van der Waals surface area contributed by atoms with E-state index in [9.17, 15) is 0 Å². The first-order valence-corrected chi connectivity index (χ1v) is 9.37. The molecule has 1 aromatic carbocycles. The first-order valence-electron chi connectivity index (χ1n) is 9.37. The van der Waals surface area contributed by atoms with Crippen molar-refractivity contribution < 1.29 is 9.47 Å². The number of aromatic nitrogens is 2. The monoisotopic (exact) mass is 371 g/mol. The molecular weight excluding hydrogens is 342 g/mol. The number of anilines is 3. The van der Waals surface area contributed by atoms with Crippen molar-refractivity contribution >= 4 is 17.5 Å². The number of benzene rings is 1. The Morgan fingerprint density at radius 1 is 1.22 bits per heavy atom. The van der Waals surface area contributed by atoms with Gasteiger partial charge in [-0.1, -0.05) is 0 Å². The molecule has 2 aromatic rings. The summed E-state index contributed by atoms with van der Waals surface area (Å²) in [6.07, 6.45) is 2.30. The smallest absolute Gasteiger partial charge is 0.229 e. The molecular formula is C20H29N5O2. The molecule has 1 aliphatic heterocycles. The van der Waals surface area contributed by atoms with E-state index in [2.05, 4.69) is 32.5 Å². The van der Waals surface area contributed by atoms with Crippen LogP contribution in [0.1, 0.15) is 18.5 Å². The normalized spacial score (nSPS) is 17.0. The van der Waals surface area contributed by atoms with Gasteiger partial charge in [-0.25, -0.2) is 4.98 Å². The lowest BCUT2D eigenvalue weighted by molar-refractivity contribution is 0.263. The van der Waals surface area contributed by atoms with Gasteiger partial charge in [-0.3, -0.25) is 0 Å². The Hall–Kier alpha value is -2.54. The largest absolute Gasteiger partial charge is 0.493 e. The maximum Gasteiger partial charge on any atom is 0.229 e. The van der Waals surface area contributed by atoms with Crippen LogP contribution < -0.4 is 20.1 Å². The number of likely N-dealkylation sites (tertiary alicyclic amines) is 1. The molecule has 1 saturated heterocycles. The van der Waals surface area contributed by atoms with Crippen LogP contribution in [0, 0.1) is 12.8 Å². The van der Waals surface area contributed by atoms with Crippen LogP contribution in [-0.4, -0.2) is 55.8 Å². The van der Waals surface area contributed by atoms with Crippen molar-refractivity contribution in [1.29, 1.82) is 0 Å². The van der Waals surface area contributed by atoms with Crippen LogP contribution in [0.2, 0.25) is 0 Å². The minimum Gasteiger partial charge on any atom is -0.493 e. The fourth-order valence-corrected chi connectivity index (χ4v) is 3.35. The Labute approximate surface area is 161 Å². The Balaban J connectivity index is 1.66. The van der Waals surface area contributed by atoms with Crippen LogP contribution in [0.4, 0.5) is 17.5 Å². The van der Waals surface area contributed by atoms with Gasteiger partial charge in [-0.15, -0.1) is 0 Å². The maximum atomic E-state index is 6.04. The highest BCUT2D eigenvalue weighted by Gasteiger charge is 2.19. The molecule has 146 valence electrons. The van der Waals surface area contributed by atoms with Crippen molar-refractivity contribution in [3.63, 3.8) is 0 Å². The number of aryl methyl sites for hydroxylation is 1. The first kappa shape index (κ1) is 19.2. The molecule has 7 heteroatoms. The van der Waals surface area contributed by atoms with E-state index in [1.54, 1.807) is 7.11 Å². The molecule has 2 N–H and O–H groups in total. The second-order valence-electron chi connectivity index (χ2n) is 7.01. The van der Waals surface area contributed by atoms with Gasteiger partial charge in [0.2, 0.25) is 5.95 Å². The summed E-state index contributed by atoms with van der Waals surface area (Å²) in [6.45, 7) is 4.96. The van der Waals surface area contributed by atoms with E-state index in [-0.39, 0.29) is 0 Å². The summed E-state index contributed by atoms with van der Waals surface area (Å²) in [5, 5.41) is 6.29. The molecule has 0 spiro atoms. The van der Waals surface area contributed by atoms with E-state index in [0.29, 0.717) is 18.5 Å². The molecule has 3 rings (SSSR count). The van der Waals surface area contributed by atoms with Crippen molar-refractivity contribution in [3.05, 3.63) is 30.0 Å². The average Bonchev–Trinajstić information content (AvgIpc) is 3.06. The van der Waals surface area contributed by atoms with Gasteiger partial charge in [0.05, 0.1) is 13.7 Å². The highest BCUT2D eigenvalue weighted by atomic mass is 16.5. The zero-order valence-corrected chi connectivity index (χ0v) is 16.6. The number of nitrogens with one attached hydrogen (secondary N) is 2. The molecule has 0 saturated carbocycles. The van der Waals surface area contributed by atoms with Crippen LogP contribution in [0.15, 0.2) is 24.3 Å². The van der Waals surface area contributed by atoms with Crippen molar-refractivity contribution in [1.82, 2.24) is 14.9 Å². The Bertz CT molecular complexity index is 768. The first-order chi connectivity index (χ1) is 13.1. The molecule has 0 amide bonds. The average molecular weight is 371 g/mol. The van der Waals surface area contributed by atoms with Gasteiger partial charge < -0.3 is 25.0 Å². The van der Waals surface area contributed by atoms with Crippen LogP contribution in [0.5, 0.6) is 11.5 Å². The fraction of sp³-hybridized carbons (Fsp3) is 0.500. The molecule has 1 aromatic heterocycles. The minimum absolute atomic E-state index is 0.546. The fourth-order valence-electron chi connectivity index (χ4n) is 3.35. The Morgan fingerprint density at radius 3 is 2.78 bits per heavy atom. The Morgan fingerprint density at radius 2 is 2.07 bits per heavy atom. The number of hydrogen-bond donors (Lipinski definition) is 2. The minimum atomic E-state index is 0.546. The molecule has 1 atom stereocenters. The Kier molecular flexibility index (Phi) is 6.34. The quantitative estimate of drug-likeness (QED) is 0.738. The SMILES string of the molecule is CNc1cc(C)nc(Nc2ccc(OC)c(OCCC3CCN(C)C3)c2)n1. The molecule has 1 aliphatic rings. The number of nitrogens with zero attached hydrogens (tertiary/aromatic N) is 3. The van der Waals surface area contributed by atoms with Crippen molar-refractivity contribution in [3.8, 4) is 11.5 Å². The van der Waals surface area contributed by atoms with E-state index in [4.69, 9.17) is 9.47 Å². The van der Waals surface area contributed by atoms with E-state index in [1.807, 2.05) is 38.2 Å². The summed E-state index contributed by atoms with van der Waals surface area (Å²) >= 11 is 0. The molecule has 2 heterocycles. The van der Waals surface area contributed by atoms with Crippen LogP contribution in [0.3, 0.4) is 0 Å². The van der Waals surface area contributed by atoms with E-state index < -0.39 is 0 Å². The predicted octanol–water partition coefficient (Wildman–Crippen LogP) is 3.30. The van der Waals surface area contributed by atoms with Crippen molar-refractivity contribution in [2.75, 3.05) is 51.5 Å². The summed E-state index contributed by atoms with van der Waals surface area (Å²) in [5.74, 6) is 3.49. The molecule has 0 bridgehead atoms. The van der Waals surface area contributed by atoms with Gasteiger partial charge in [0.15, 0.2) is 11.5 Å². The van der Waals surface area contributed by atoms with E-state index in [0.717, 1.165) is 41.7 Å². The lowest BCUT2D eigenvalue weighted by atomic mass is 10.1. The van der Waals surface area contributed by atoms with E-state index in [1.165, 1.54) is 13.0 Å². The summed E-state index contributed by atoms with van der Waals surface area (Å²) < 4.78 is 11.5. The molecule has 1 unspecified atom stereocenters. The van der Waals surface area contributed by atoms with Gasteiger partial charge in [-0.2, -0.15) is 4.98 Å². The number of methoxy groups -OCH3 is 1. The molecule has 0 aliphatic carbocycles. The van der Waals surface area contributed by atoms with Gasteiger partial charge in [0, 0.05) is 37.1 Å². The van der Waals surface area contributed by atoms with Crippen LogP contribution in [0.25, 0.3) is 0 Å². The zero-order valence-electron chi connectivity index (χ0n) is 16.6. The number of ether oxygens (including phenoxy) is 2. The number of hydrogen-bond acceptors (Lipinski definition) is 7. The second-order valence-corrected chi connectivity index (χ2v) is 7.01. The summed E-state index contributed by atoms with van der Waals surface area (Å²) in [4.78, 5) is 11.2. The topological polar surface area (TPSA) is 71.5 Å². The highest BCUT2D eigenvalue weighted by molar-refractivity contribution is 5.60. The van der Waals surface area contributed by atoms with Crippen molar-refractivity contribution in [2.24, 2.45) is 5.92 Å². The molecule has 0 radical (unpaired) electrons. The van der Waals surface area contributed by atoms with Crippen LogP contribution in [-0.2, 0) is 0 Å². The predicted molar refractivity (Wildman–Crippen MR) is 108 cm³/mol. The van der Waals surface area contributed by atoms with Gasteiger partial charge in [-0.05, 0) is 51.4 Å². The lowest BCUT2D eigenvalue weighted by Gasteiger charge is -2.15. The van der Waals surface area contributed by atoms with Crippen molar-refractivity contribution in [2.45, 2.75) is 19.8 Å². The third-order valence-electron chi connectivity index (χ3n) is 4.80. The maximum absolute atomic E-state index is 6.04. The lowest BCUT2D eigenvalue weighted by Crippen LogP contribution is -2.15. The third-order valence-corrected chi connectivity index (χ3v) is 4.80. The summed E-state index contributed by atoms with van der Waals surface area (Å²) in [6, 6.07) is 7.66. The standard InChI is InChI=1S/C20H29N5O2/c1-14-11-19(21-2)24-20(22-14)23-16-5-6-17(26-4)18(12-16)27-10-8-15-7-9-25(3)13-15/h5-6,11-12,15H,7-10,13H2,1-4H3,(H2,21,22,23,24). The van der Waals surface area contributed by atoms with Gasteiger partial charge in [0.1, 0.15) is 5.82 Å². The van der Waals surface area contributed by atoms with Gasteiger partial charge in [0.25, 0.3) is 0 Å². The van der Waals surface area contributed by atoms with E-state index >= 15 is 0 Å². The molecule has 7 nitrogen and oxygen atoms in total. The zero-order chi connectivity index (χ0) is 19.2. The third kappa shape index (κ3) is 5.23. The van der Waals surface area contributed by atoms with Gasteiger partial charge >= 0.3 is 0 Å². The number of rotatable bonds is 8. The molecule has 1 fully saturated rings. The molecule has 27 heavy (non-hydrogen) atoms. The summed E-state index contributed by atoms with van der Waals surface area (Å²) in [5.41, 5.74) is 1.75. The van der Waals surface area contributed by atoms with Crippen LogP contribution >= 0.6 is 0 Å². The highest BCUT2D eigenvalue weighted by Crippen LogP contribution is 2.32. The second kappa shape index (κ2) is 8.90.